The standard InChI is InChI=1S/C13H26N2S/c1-14(9-10-15-7-2-3-8-15)11-13(12-16)5-4-6-13/h16H,2-12H2,1H3. The fourth-order valence-corrected chi connectivity index (χ4v) is 3.43. The van der Waals surface area contributed by atoms with Gasteiger partial charge in [-0.2, -0.15) is 12.6 Å². The van der Waals surface area contributed by atoms with Crippen molar-refractivity contribution in [3.05, 3.63) is 0 Å². The van der Waals surface area contributed by atoms with Gasteiger partial charge in [-0.25, -0.2) is 0 Å². The van der Waals surface area contributed by atoms with E-state index in [-0.39, 0.29) is 0 Å². The third kappa shape index (κ3) is 3.14. The molecule has 1 aliphatic carbocycles. The van der Waals surface area contributed by atoms with Crippen molar-refractivity contribution in [3.8, 4) is 0 Å². The highest BCUT2D eigenvalue weighted by atomic mass is 32.1. The van der Waals surface area contributed by atoms with E-state index in [1.165, 1.54) is 64.8 Å². The second-order valence-electron chi connectivity index (χ2n) is 5.80. The summed E-state index contributed by atoms with van der Waals surface area (Å²) in [5, 5.41) is 0. The molecular formula is C13H26N2S. The van der Waals surface area contributed by atoms with E-state index in [9.17, 15) is 0 Å². The van der Waals surface area contributed by atoms with Gasteiger partial charge in [0, 0.05) is 19.6 Å². The number of likely N-dealkylation sites (tertiary alicyclic amines) is 1. The van der Waals surface area contributed by atoms with Crippen LogP contribution >= 0.6 is 12.6 Å². The number of nitrogens with zero attached hydrogens (tertiary/aromatic N) is 2. The summed E-state index contributed by atoms with van der Waals surface area (Å²) >= 11 is 4.53. The van der Waals surface area contributed by atoms with Crippen molar-refractivity contribution in [2.45, 2.75) is 32.1 Å². The number of hydrogen-bond donors (Lipinski definition) is 1. The second kappa shape index (κ2) is 5.74. The van der Waals surface area contributed by atoms with Crippen LogP contribution in [0.2, 0.25) is 0 Å². The van der Waals surface area contributed by atoms with Crippen molar-refractivity contribution in [1.29, 1.82) is 0 Å². The molecule has 3 heteroatoms. The highest BCUT2D eigenvalue weighted by molar-refractivity contribution is 7.80. The lowest BCUT2D eigenvalue weighted by molar-refractivity contribution is 0.0995. The number of thiol groups is 1. The third-order valence-electron chi connectivity index (χ3n) is 4.35. The van der Waals surface area contributed by atoms with Crippen molar-refractivity contribution in [2.24, 2.45) is 5.41 Å². The molecule has 1 saturated heterocycles. The number of hydrogen-bond acceptors (Lipinski definition) is 3. The van der Waals surface area contributed by atoms with Crippen LogP contribution in [0.5, 0.6) is 0 Å². The molecule has 0 aromatic heterocycles. The van der Waals surface area contributed by atoms with Crippen molar-refractivity contribution in [2.75, 3.05) is 45.5 Å². The Bertz CT molecular complexity index is 204. The van der Waals surface area contributed by atoms with E-state index in [2.05, 4.69) is 29.5 Å². The summed E-state index contributed by atoms with van der Waals surface area (Å²) in [4.78, 5) is 5.12. The Balaban J connectivity index is 1.65. The summed E-state index contributed by atoms with van der Waals surface area (Å²) in [6, 6.07) is 0. The van der Waals surface area contributed by atoms with Crippen molar-refractivity contribution in [1.82, 2.24) is 9.80 Å². The van der Waals surface area contributed by atoms with Gasteiger partial charge in [-0.05, 0) is 57.0 Å². The van der Waals surface area contributed by atoms with Crippen LogP contribution in [0, 0.1) is 5.41 Å². The molecular weight excluding hydrogens is 216 g/mol. The van der Waals surface area contributed by atoms with Gasteiger partial charge in [0.1, 0.15) is 0 Å². The zero-order valence-corrected chi connectivity index (χ0v) is 11.5. The molecule has 2 aliphatic rings. The minimum Gasteiger partial charge on any atom is -0.305 e. The molecule has 0 aromatic carbocycles. The maximum atomic E-state index is 4.53. The average molecular weight is 242 g/mol. The van der Waals surface area contributed by atoms with Crippen LogP contribution in [-0.4, -0.2) is 55.3 Å². The van der Waals surface area contributed by atoms with E-state index in [0.717, 1.165) is 5.75 Å². The molecule has 0 radical (unpaired) electrons. The van der Waals surface area contributed by atoms with Crippen LogP contribution in [0.4, 0.5) is 0 Å². The van der Waals surface area contributed by atoms with Gasteiger partial charge in [-0.15, -0.1) is 0 Å². The van der Waals surface area contributed by atoms with Crippen LogP contribution in [0.25, 0.3) is 0 Å². The Labute approximate surface area is 106 Å². The predicted molar refractivity (Wildman–Crippen MR) is 73.3 cm³/mol. The molecule has 0 spiro atoms. The van der Waals surface area contributed by atoms with Gasteiger partial charge in [0.2, 0.25) is 0 Å². The molecule has 2 rings (SSSR count). The first-order valence-electron chi connectivity index (χ1n) is 6.76. The van der Waals surface area contributed by atoms with Crippen molar-refractivity contribution in [3.63, 3.8) is 0 Å². The first-order chi connectivity index (χ1) is 7.74. The fourth-order valence-electron chi connectivity index (χ4n) is 3.01. The molecule has 2 nitrogen and oxygen atoms in total. The lowest BCUT2D eigenvalue weighted by atomic mass is 9.70. The Morgan fingerprint density at radius 3 is 2.38 bits per heavy atom. The van der Waals surface area contributed by atoms with Gasteiger partial charge in [-0.1, -0.05) is 6.42 Å². The zero-order valence-electron chi connectivity index (χ0n) is 10.6. The maximum Gasteiger partial charge on any atom is 0.0109 e. The summed E-state index contributed by atoms with van der Waals surface area (Å²) in [7, 11) is 2.28. The maximum absolute atomic E-state index is 4.53. The first kappa shape index (κ1) is 12.7. The molecule has 1 heterocycles. The molecule has 94 valence electrons. The quantitative estimate of drug-likeness (QED) is 0.713. The lowest BCUT2D eigenvalue weighted by Gasteiger charge is -2.43. The summed E-state index contributed by atoms with van der Waals surface area (Å²) in [6.45, 7) is 6.40. The van der Waals surface area contributed by atoms with Crippen LogP contribution < -0.4 is 0 Å². The summed E-state index contributed by atoms with van der Waals surface area (Å²) in [6.07, 6.45) is 7.02. The lowest BCUT2D eigenvalue weighted by Crippen LogP contribution is -2.44. The molecule has 1 aliphatic heterocycles. The minimum atomic E-state index is 0.558. The summed E-state index contributed by atoms with van der Waals surface area (Å²) < 4.78 is 0. The molecule has 0 amide bonds. The summed E-state index contributed by atoms with van der Waals surface area (Å²) in [5.41, 5.74) is 0.558. The van der Waals surface area contributed by atoms with Crippen molar-refractivity contribution < 1.29 is 0 Å². The molecule has 0 atom stereocenters. The fraction of sp³-hybridized carbons (Fsp3) is 1.00. The van der Waals surface area contributed by atoms with Gasteiger partial charge in [0.25, 0.3) is 0 Å². The summed E-state index contributed by atoms with van der Waals surface area (Å²) in [5.74, 6) is 1.07. The first-order valence-corrected chi connectivity index (χ1v) is 7.39. The Hall–Kier alpha value is 0.270. The van der Waals surface area contributed by atoms with Gasteiger partial charge >= 0.3 is 0 Å². The van der Waals surface area contributed by atoms with E-state index in [1.807, 2.05) is 0 Å². The monoisotopic (exact) mass is 242 g/mol. The molecule has 1 saturated carbocycles. The zero-order chi connectivity index (χ0) is 11.4. The van der Waals surface area contributed by atoms with Gasteiger partial charge < -0.3 is 9.80 Å². The molecule has 0 aromatic rings. The Morgan fingerprint density at radius 1 is 1.19 bits per heavy atom. The molecule has 0 unspecified atom stereocenters. The highest BCUT2D eigenvalue weighted by Gasteiger charge is 2.36. The van der Waals surface area contributed by atoms with Gasteiger partial charge in [0.15, 0.2) is 0 Å². The van der Waals surface area contributed by atoms with Gasteiger partial charge in [-0.3, -0.25) is 0 Å². The van der Waals surface area contributed by atoms with E-state index >= 15 is 0 Å². The van der Waals surface area contributed by atoms with Crippen LogP contribution in [0.1, 0.15) is 32.1 Å². The second-order valence-corrected chi connectivity index (χ2v) is 6.11. The number of likely N-dealkylation sites (N-methyl/N-ethyl adjacent to an activating group) is 1. The van der Waals surface area contributed by atoms with E-state index in [1.54, 1.807) is 0 Å². The molecule has 2 fully saturated rings. The van der Waals surface area contributed by atoms with E-state index in [0.29, 0.717) is 5.41 Å². The third-order valence-corrected chi connectivity index (χ3v) is 5.02. The van der Waals surface area contributed by atoms with Crippen LogP contribution in [0.3, 0.4) is 0 Å². The Kier molecular flexibility index (Phi) is 4.57. The van der Waals surface area contributed by atoms with Gasteiger partial charge in [0.05, 0.1) is 0 Å². The van der Waals surface area contributed by atoms with E-state index < -0.39 is 0 Å². The van der Waals surface area contributed by atoms with Crippen molar-refractivity contribution >= 4 is 12.6 Å². The smallest absolute Gasteiger partial charge is 0.0109 e. The minimum absolute atomic E-state index is 0.558. The predicted octanol–water partition coefficient (Wildman–Crippen LogP) is 2.11. The number of rotatable bonds is 6. The van der Waals surface area contributed by atoms with Crippen LogP contribution in [-0.2, 0) is 0 Å². The normalized spacial score (nSPS) is 24.9. The highest BCUT2D eigenvalue weighted by Crippen LogP contribution is 2.42. The molecule has 0 bridgehead atoms. The molecule has 16 heavy (non-hydrogen) atoms. The molecule has 0 N–H and O–H groups in total. The largest absolute Gasteiger partial charge is 0.305 e. The van der Waals surface area contributed by atoms with Crippen LogP contribution in [0.15, 0.2) is 0 Å². The van der Waals surface area contributed by atoms with E-state index in [4.69, 9.17) is 0 Å². The Morgan fingerprint density at radius 2 is 1.88 bits per heavy atom. The SMILES string of the molecule is CN(CCN1CCCC1)CC1(CS)CCC1. The average Bonchev–Trinajstić information content (AvgIpc) is 2.73. The topological polar surface area (TPSA) is 6.48 Å².